The maximum absolute atomic E-state index is 5.66. The minimum Gasteiger partial charge on any atom is -0.382 e. The molecule has 21 heavy (non-hydrogen) atoms. The quantitative estimate of drug-likeness (QED) is 0.678. The predicted molar refractivity (Wildman–Crippen MR) is 83.3 cm³/mol. The second-order valence-corrected chi connectivity index (χ2v) is 4.82. The van der Waals surface area contributed by atoms with Gasteiger partial charge in [0.1, 0.15) is 0 Å². The van der Waals surface area contributed by atoms with Crippen LogP contribution in [0.4, 0.5) is 0 Å². The van der Waals surface area contributed by atoms with E-state index in [0.29, 0.717) is 39.6 Å². The molecule has 0 bridgehead atoms. The minimum atomic E-state index is 0.577. The van der Waals surface area contributed by atoms with Gasteiger partial charge in [0.15, 0.2) is 0 Å². The van der Waals surface area contributed by atoms with Crippen LogP contribution in [0, 0.1) is 0 Å². The van der Waals surface area contributed by atoms with Crippen molar-refractivity contribution in [3.05, 3.63) is 36.0 Å². The number of nitrogens with two attached hydrogens (primary N) is 1. The Bertz CT molecular complexity index is 539. The Kier molecular flexibility index (Phi) is 6.69. The lowest BCUT2D eigenvalue weighted by Gasteiger charge is -2.08. The zero-order valence-electron chi connectivity index (χ0n) is 12.6. The van der Waals surface area contributed by atoms with Crippen molar-refractivity contribution in [2.24, 2.45) is 5.73 Å². The summed E-state index contributed by atoms with van der Waals surface area (Å²) in [6.45, 7) is 4.55. The molecule has 0 amide bonds. The fourth-order valence-corrected chi connectivity index (χ4v) is 2.20. The second-order valence-electron chi connectivity index (χ2n) is 4.82. The molecule has 0 atom stereocenters. The molecule has 0 saturated carbocycles. The average molecular weight is 292 g/mol. The molecule has 1 aromatic carbocycles. The fourth-order valence-electron chi connectivity index (χ4n) is 2.20. The Morgan fingerprint density at radius 2 is 1.76 bits per heavy atom. The number of aromatic nitrogens is 1. The van der Waals surface area contributed by atoms with E-state index >= 15 is 0 Å². The molecule has 0 aliphatic heterocycles. The molecule has 0 aliphatic carbocycles. The van der Waals surface area contributed by atoms with E-state index in [0.717, 1.165) is 12.1 Å². The highest BCUT2D eigenvalue weighted by atomic mass is 16.5. The summed E-state index contributed by atoms with van der Waals surface area (Å²) in [7, 11) is 1.66. The lowest BCUT2D eigenvalue weighted by atomic mass is 10.1. The summed E-state index contributed by atoms with van der Waals surface area (Å²) >= 11 is 0. The van der Waals surface area contributed by atoms with Crippen LogP contribution >= 0.6 is 0 Å². The third kappa shape index (κ3) is 4.82. The second kappa shape index (κ2) is 8.79. The highest BCUT2D eigenvalue weighted by Gasteiger charge is 2.01. The number of hydrogen-bond acceptors (Lipinski definition) is 4. The van der Waals surface area contributed by atoms with Gasteiger partial charge in [0.05, 0.1) is 33.0 Å². The zero-order valence-corrected chi connectivity index (χ0v) is 12.6. The maximum Gasteiger partial charge on any atom is 0.0701 e. The third-order valence-corrected chi connectivity index (χ3v) is 3.35. The van der Waals surface area contributed by atoms with Crippen LogP contribution < -0.4 is 5.73 Å². The monoisotopic (exact) mass is 292 g/mol. The first-order chi connectivity index (χ1) is 10.3. The van der Waals surface area contributed by atoms with Crippen LogP contribution in [0.1, 0.15) is 5.56 Å². The number of benzene rings is 1. The summed E-state index contributed by atoms with van der Waals surface area (Å²) in [6, 6.07) is 8.44. The Morgan fingerprint density at radius 3 is 2.52 bits per heavy atom. The standard InChI is InChI=1S/C16H24N2O3/c1-19-8-9-21-11-10-20-7-6-18-5-4-15-12-14(13-17)2-3-16(15)18/h2-5,12H,6-11,13,17H2,1H3. The molecule has 0 fully saturated rings. The number of hydrogen-bond donors (Lipinski definition) is 1. The molecule has 0 spiro atoms. The largest absolute Gasteiger partial charge is 0.382 e. The van der Waals surface area contributed by atoms with Gasteiger partial charge in [0, 0.05) is 31.9 Å². The van der Waals surface area contributed by atoms with Crippen molar-refractivity contribution in [2.75, 3.05) is 40.1 Å². The van der Waals surface area contributed by atoms with Gasteiger partial charge in [-0.05, 0) is 29.1 Å². The van der Waals surface area contributed by atoms with Gasteiger partial charge in [-0.15, -0.1) is 0 Å². The maximum atomic E-state index is 5.66. The Morgan fingerprint density at radius 1 is 1.00 bits per heavy atom. The number of nitrogens with zero attached hydrogens (tertiary/aromatic N) is 1. The topological polar surface area (TPSA) is 58.6 Å². The van der Waals surface area contributed by atoms with E-state index < -0.39 is 0 Å². The molecule has 0 radical (unpaired) electrons. The first-order valence-electron chi connectivity index (χ1n) is 7.27. The first kappa shape index (κ1) is 16.0. The molecule has 0 aliphatic rings. The molecule has 2 rings (SSSR count). The van der Waals surface area contributed by atoms with Crippen molar-refractivity contribution in [3.63, 3.8) is 0 Å². The summed E-state index contributed by atoms with van der Waals surface area (Å²) in [5.41, 5.74) is 8.03. The van der Waals surface area contributed by atoms with Crippen LogP contribution in [-0.4, -0.2) is 44.7 Å². The van der Waals surface area contributed by atoms with E-state index in [2.05, 4.69) is 35.0 Å². The molecule has 5 nitrogen and oxygen atoms in total. The summed E-state index contributed by atoms with van der Waals surface area (Å²) in [5, 5.41) is 1.22. The van der Waals surface area contributed by atoms with Crippen molar-refractivity contribution >= 4 is 10.9 Å². The smallest absolute Gasteiger partial charge is 0.0701 e. The zero-order chi connectivity index (χ0) is 14.9. The molecular formula is C16H24N2O3. The fraction of sp³-hybridized carbons (Fsp3) is 0.500. The van der Waals surface area contributed by atoms with E-state index in [1.165, 1.54) is 10.9 Å². The summed E-state index contributed by atoms with van der Waals surface area (Å²) < 4.78 is 18.0. The van der Waals surface area contributed by atoms with E-state index in [1.54, 1.807) is 7.11 Å². The van der Waals surface area contributed by atoms with Crippen molar-refractivity contribution in [3.8, 4) is 0 Å². The van der Waals surface area contributed by atoms with Crippen LogP contribution in [-0.2, 0) is 27.3 Å². The van der Waals surface area contributed by atoms with Crippen LogP contribution in [0.15, 0.2) is 30.5 Å². The van der Waals surface area contributed by atoms with Crippen LogP contribution in [0.25, 0.3) is 10.9 Å². The molecule has 2 N–H and O–H groups in total. The van der Waals surface area contributed by atoms with Gasteiger partial charge in [0.25, 0.3) is 0 Å². The Hall–Kier alpha value is -1.40. The highest BCUT2D eigenvalue weighted by Crippen LogP contribution is 2.17. The lowest BCUT2D eigenvalue weighted by Crippen LogP contribution is -2.11. The van der Waals surface area contributed by atoms with Gasteiger partial charge >= 0.3 is 0 Å². The summed E-state index contributed by atoms with van der Waals surface area (Å²) in [4.78, 5) is 0. The van der Waals surface area contributed by atoms with Crippen LogP contribution in [0.2, 0.25) is 0 Å². The van der Waals surface area contributed by atoms with Gasteiger partial charge in [-0.25, -0.2) is 0 Å². The van der Waals surface area contributed by atoms with Crippen LogP contribution in [0.5, 0.6) is 0 Å². The van der Waals surface area contributed by atoms with E-state index in [1.807, 2.05) is 0 Å². The summed E-state index contributed by atoms with van der Waals surface area (Å²) in [5.74, 6) is 0. The minimum absolute atomic E-state index is 0.577. The normalized spacial score (nSPS) is 11.3. The van der Waals surface area contributed by atoms with Crippen molar-refractivity contribution in [1.82, 2.24) is 4.57 Å². The number of fused-ring (bicyclic) bond motifs is 1. The molecule has 0 saturated heterocycles. The Labute approximate surface area is 125 Å². The first-order valence-corrected chi connectivity index (χ1v) is 7.27. The van der Waals surface area contributed by atoms with Crippen molar-refractivity contribution in [1.29, 1.82) is 0 Å². The molecule has 0 unspecified atom stereocenters. The molecule has 1 aromatic heterocycles. The third-order valence-electron chi connectivity index (χ3n) is 3.35. The number of methoxy groups -OCH3 is 1. The number of ether oxygens (including phenoxy) is 3. The van der Waals surface area contributed by atoms with Gasteiger partial charge in [-0.2, -0.15) is 0 Å². The average Bonchev–Trinajstić information content (AvgIpc) is 2.92. The van der Waals surface area contributed by atoms with Gasteiger partial charge < -0.3 is 24.5 Å². The van der Waals surface area contributed by atoms with E-state index in [4.69, 9.17) is 19.9 Å². The molecule has 2 aromatic rings. The Balaban J connectivity index is 1.71. The predicted octanol–water partition coefficient (Wildman–Crippen LogP) is 1.78. The van der Waals surface area contributed by atoms with Crippen molar-refractivity contribution < 1.29 is 14.2 Å². The van der Waals surface area contributed by atoms with Crippen LogP contribution in [0.3, 0.4) is 0 Å². The lowest BCUT2D eigenvalue weighted by molar-refractivity contribution is 0.0232. The van der Waals surface area contributed by atoms with Crippen molar-refractivity contribution in [2.45, 2.75) is 13.1 Å². The molecule has 116 valence electrons. The molecule has 5 heteroatoms. The van der Waals surface area contributed by atoms with Gasteiger partial charge in [0.2, 0.25) is 0 Å². The SMILES string of the molecule is COCCOCCOCCn1ccc2cc(CN)ccc21. The highest BCUT2D eigenvalue weighted by molar-refractivity contribution is 5.80. The van der Waals surface area contributed by atoms with E-state index in [9.17, 15) is 0 Å². The van der Waals surface area contributed by atoms with Gasteiger partial charge in [-0.1, -0.05) is 6.07 Å². The van der Waals surface area contributed by atoms with E-state index in [-0.39, 0.29) is 0 Å². The van der Waals surface area contributed by atoms with Gasteiger partial charge in [-0.3, -0.25) is 0 Å². The number of rotatable bonds is 10. The molecular weight excluding hydrogens is 268 g/mol. The summed E-state index contributed by atoms with van der Waals surface area (Å²) in [6.07, 6.45) is 2.09. The molecule has 1 heterocycles.